The third kappa shape index (κ3) is 5.33. The van der Waals surface area contributed by atoms with Gasteiger partial charge in [-0.15, -0.1) is 0 Å². The number of ether oxygens (including phenoxy) is 1. The summed E-state index contributed by atoms with van der Waals surface area (Å²) >= 11 is 7.27. The molecule has 2 N–H and O–H groups in total. The van der Waals surface area contributed by atoms with E-state index < -0.39 is 11.8 Å². The number of benzene rings is 2. The molecule has 124 valence electrons. The SMILES string of the molecule is COc1ccc(Cl)cc1C(=O)NNC(=O)/C=C/Sc1ccccc1. The molecule has 0 radical (unpaired) electrons. The van der Waals surface area contributed by atoms with Gasteiger partial charge in [0.2, 0.25) is 0 Å². The number of methoxy groups -OCH3 is 1. The van der Waals surface area contributed by atoms with E-state index in [-0.39, 0.29) is 5.56 Å². The average molecular weight is 363 g/mol. The van der Waals surface area contributed by atoms with Crippen LogP contribution in [0.25, 0.3) is 0 Å². The molecule has 2 aromatic carbocycles. The highest BCUT2D eigenvalue weighted by Gasteiger charge is 2.13. The van der Waals surface area contributed by atoms with Crippen LogP contribution in [-0.4, -0.2) is 18.9 Å². The topological polar surface area (TPSA) is 67.4 Å². The summed E-state index contributed by atoms with van der Waals surface area (Å²) in [6, 6.07) is 14.3. The van der Waals surface area contributed by atoms with E-state index in [1.807, 2.05) is 30.3 Å². The van der Waals surface area contributed by atoms with Crippen molar-refractivity contribution in [3.8, 4) is 5.75 Å². The summed E-state index contributed by atoms with van der Waals surface area (Å²) in [6.45, 7) is 0. The Morgan fingerprint density at radius 2 is 1.88 bits per heavy atom. The minimum atomic E-state index is -0.521. The van der Waals surface area contributed by atoms with Crippen molar-refractivity contribution in [2.24, 2.45) is 0 Å². The molecule has 0 fully saturated rings. The van der Waals surface area contributed by atoms with Gasteiger partial charge >= 0.3 is 0 Å². The summed E-state index contributed by atoms with van der Waals surface area (Å²) < 4.78 is 5.09. The molecule has 24 heavy (non-hydrogen) atoms. The Kier molecular flexibility index (Phi) is 6.72. The Balaban J connectivity index is 1.87. The Bertz CT molecular complexity index is 751. The first-order valence-corrected chi connectivity index (χ1v) is 8.18. The third-order valence-corrected chi connectivity index (χ3v) is 3.92. The molecule has 0 heterocycles. The van der Waals surface area contributed by atoms with Crippen LogP contribution in [0.5, 0.6) is 5.75 Å². The molecule has 0 atom stereocenters. The lowest BCUT2D eigenvalue weighted by Gasteiger charge is -2.09. The van der Waals surface area contributed by atoms with Gasteiger partial charge in [0, 0.05) is 16.0 Å². The smallest absolute Gasteiger partial charge is 0.273 e. The number of hydrogen-bond acceptors (Lipinski definition) is 4. The summed E-state index contributed by atoms with van der Waals surface area (Å²) in [5.41, 5.74) is 4.84. The van der Waals surface area contributed by atoms with Gasteiger partial charge in [-0.25, -0.2) is 0 Å². The van der Waals surface area contributed by atoms with E-state index >= 15 is 0 Å². The minimum Gasteiger partial charge on any atom is -0.496 e. The number of halogens is 1. The molecule has 5 nitrogen and oxygen atoms in total. The number of thioether (sulfide) groups is 1. The highest BCUT2D eigenvalue weighted by molar-refractivity contribution is 8.02. The summed E-state index contributed by atoms with van der Waals surface area (Å²) in [5, 5.41) is 2.03. The summed E-state index contributed by atoms with van der Waals surface area (Å²) in [6.07, 6.45) is 1.33. The van der Waals surface area contributed by atoms with E-state index in [2.05, 4.69) is 10.9 Å². The highest BCUT2D eigenvalue weighted by Crippen LogP contribution is 2.22. The molecule has 7 heteroatoms. The van der Waals surface area contributed by atoms with Crippen molar-refractivity contribution in [1.82, 2.24) is 10.9 Å². The van der Waals surface area contributed by atoms with E-state index in [1.54, 1.807) is 17.5 Å². The molecule has 0 aliphatic heterocycles. The van der Waals surface area contributed by atoms with Crippen LogP contribution in [0.3, 0.4) is 0 Å². The van der Waals surface area contributed by atoms with Crippen LogP contribution >= 0.6 is 23.4 Å². The standard InChI is InChI=1S/C17H15ClN2O3S/c1-23-15-8-7-12(18)11-14(15)17(22)20-19-16(21)9-10-24-13-5-3-2-4-6-13/h2-11H,1H3,(H,19,21)(H,20,22)/b10-9+. The first-order chi connectivity index (χ1) is 11.6. The second kappa shape index (κ2) is 9.00. The molecule has 0 aromatic heterocycles. The maximum Gasteiger partial charge on any atom is 0.273 e. The predicted molar refractivity (Wildman–Crippen MR) is 95.1 cm³/mol. The number of hydrogen-bond donors (Lipinski definition) is 2. The zero-order chi connectivity index (χ0) is 17.4. The fraction of sp³-hybridized carbons (Fsp3) is 0.0588. The van der Waals surface area contributed by atoms with Gasteiger partial charge in [-0.1, -0.05) is 41.6 Å². The summed E-state index contributed by atoms with van der Waals surface area (Å²) in [5.74, 6) is -0.610. The van der Waals surface area contributed by atoms with Crippen molar-refractivity contribution in [3.63, 3.8) is 0 Å². The first kappa shape index (κ1) is 17.9. The summed E-state index contributed by atoms with van der Waals surface area (Å²) in [7, 11) is 1.45. The monoisotopic (exact) mass is 362 g/mol. The van der Waals surface area contributed by atoms with Crippen LogP contribution in [-0.2, 0) is 4.79 Å². The van der Waals surface area contributed by atoms with Crippen molar-refractivity contribution in [2.45, 2.75) is 4.90 Å². The zero-order valence-corrected chi connectivity index (χ0v) is 14.4. The van der Waals surface area contributed by atoms with Gasteiger partial charge in [-0.05, 0) is 35.7 Å². The number of nitrogens with one attached hydrogen (secondary N) is 2. The lowest BCUT2D eigenvalue weighted by molar-refractivity contribution is -0.117. The lowest BCUT2D eigenvalue weighted by atomic mass is 10.2. The van der Waals surface area contributed by atoms with Crippen molar-refractivity contribution < 1.29 is 14.3 Å². The van der Waals surface area contributed by atoms with Gasteiger partial charge in [0.1, 0.15) is 5.75 Å². The molecular formula is C17H15ClN2O3S. The molecule has 0 saturated carbocycles. The second-order valence-corrected chi connectivity index (χ2v) is 5.94. The van der Waals surface area contributed by atoms with Crippen LogP contribution in [0.15, 0.2) is 64.9 Å². The van der Waals surface area contributed by atoms with Crippen molar-refractivity contribution in [1.29, 1.82) is 0 Å². The average Bonchev–Trinajstić information content (AvgIpc) is 2.60. The fourth-order valence-electron chi connectivity index (χ4n) is 1.76. The van der Waals surface area contributed by atoms with Gasteiger partial charge in [0.15, 0.2) is 0 Å². The van der Waals surface area contributed by atoms with Crippen LogP contribution < -0.4 is 15.6 Å². The van der Waals surface area contributed by atoms with Gasteiger partial charge in [0.25, 0.3) is 11.8 Å². The van der Waals surface area contributed by atoms with Gasteiger partial charge in [-0.2, -0.15) is 0 Å². The molecule has 2 aromatic rings. The number of rotatable bonds is 5. The predicted octanol–water partition coefficient (Wildman–Crippen LogP) is 3.42. The Morgan fingerprint density at radius 1 is 1.12 bits per heavy atom. The van der Waals surface area contributed by atoms with Gasteiger partial charge in [-0.3, -0.25) is 20.4 Å². The van der Waals surface area contributed by atoms with E-state index in [1.165, 1.54) is 31.0 Å². The van der Waals surface area contributed by atoms with E-state index in [9.17, 15) is 9.59 Å². The normalized spacial score (nSPS) is 10.4. The lowest BCUT2D eigenvalue weighted by Crippen LogP contribution is -2.40. The van der Waals surface area contributed by atoms with Crippen LogP contribution in [0.4, 0.5) is 0 Å². The van der Waals surface area contributed by atoms with Crippen molar-refractivity contribution in [3.05, 3.63) is 70.6 Å². The Morgan fingerprint density at radius 3 is 2.58 bits per heavy atom. The highest BCUT2D eigenvalue weighted by atomic mass is 35.5. The maximum absolute atomic E-state index is 12.1. The zero-order valence-electron chi connectivity index (χ0n) is 12.8. The molecule has 0 bridgehead atoms. The summed E-state index contributed by atoms with van der Waals surface area (Å²) in [4.78, 5) is 24.8. The van der Waals surface area contributed by atoms with E-state index in [4.69, 9.17) is 16.3 Å². The van der Waals surface area contributed by atoms with Gasteiger partial charge in [0.05, 0.1) is 12.7 Å². The molecule has 0 aliphatic rings. The van der Waals surface area contributed by atoms with Crippen molar-refractivity contribution in [2.75, 3.05) is 7.11 Å². The quantitative estimate of drug-likeness (QED) is 0.486. The third-order valence-electron chi connectivity index (χ3n) is 2.87. The number of hydrazine groups is 1. The molecule has 2 rings (SSSR count). The molecule has 0 aliphatic carbocycles. The molecule has 2 amide bonds. The molecule has 0 saturated heterocycles. The van der Waals surface area contributed by atoms with Crippen molar-refractivity contribution >= 4 is 35.2 Å². The molecule has 0 unspecified atom stereocenters. The second-order valence-electron chi connectivity index (χ2n) is 4.52. The largest absolute Gasteiger partial charge is 0.496 e. The number of carbonyl (C=O) groups excluding carboxylic acids is 2. The van der Waals surface area contributed by atoms with Crippen LogP contribution in [0.2, 0.25) is 5.02 Å². The van der Waals surface area contributed by atoms with E-state index in [0.717, 1.165) is 4.90 Å². The molecule has 0 spiro atoms. The fourth-order valence-corrected chi connectivity index (χ4v) is 2.59. The number of carbonyl (C=O) groups is 2. The first-order valence-electron chi connectivity index (χ1n) is 6.92. The Hall–Kier alpha value is -2.44. The number of amides is 2. The van der Waals surface area contributed by atoms with Crippen LogP contribution in [0.1, 0.15) is 10.4 Å². The van der Waals surface area contributed by atoms with Crippen LogP contribution in [0, 0.1) is 0 Å². The van der Waals surface area contributed by atoms with Gasteiger partial charge < -0.3 is 4.74 Å². The minimum absolute atomic E-state index is 0.230. The Labute approximate surface area is 149 Å². The molecular weight excluding hydrogens is 348 g/mol. The van der Waals surface area contributed by atoms with E-state index in [0.29, 0.717) is 10.8 Å². The maximum atomic E-state index is 12.1.